The van der Waals surface area contributed by atoms with Crippen LogP contribution in [0, 0.1) is 11.6 Å². The van der Waals surface area contributed by atoms with Crippen LogP contribution in [0.2, 0.25) is 0 Å². The molecule has 24 heavy (non-hydrogen) atoms. The molecule has 1 aliphatic heterocycles. The maximum Gasteiger partial charge on any atom is 0.262 e. The Hall–Kier alpha value is -2.32. The van der Waals surface area contributed by atoms with Gasteiger partial charge in [0.15, 0.2) is 0 Å². The van der Waals surface area contributed by atoms with Gasteiger partial charge in [0.1, 0.15) is 22.2 Å². The minimum absolute atomic E-state index is 0.230. The first kappa shape index (κ1) is 16.5. The lowest BCUT2D eigenvalue weighted by atomic mass is 10.0. The maximum atomic E-state index is 13.7. The van der Waals surface area contributed by atoms with Crippen molar-refractivity contribution in [3.8, 4) is 0 Å². The zero-order valence-electron chi connectivity index (χ0n) is 12.9. The van der Waals surface area contributed by atoms with Crippen LogP contribution in [0.5, 0.6) is 0 Å². The van der Waals surface area contributed by atoms with Crippen molar-refractivity contribution in [2.75, 3.05) is 18.9 Å². The van der Waals surface area contributed by atoms with Crippen molar-refractivity contribution in [1.29, 1.82) is 0 Å². The van der Waals surface area contributed by atoms with Crippen LogP contribution in [0.15, 0.2) is 18.2 Å². The summed E-state index contributed by atoms with van der Waals surface area (Å²) in [5, 5.41) is 2.67. The zero-order valence-corrected chi connectivity index (χ0v) is 13.7. The second-order valence-electron chi connectivity index (χ2n) is 5.61. The highest BCUT2D eigenvalue weighted by atomic mass is 32.1. The van der Waals surface area contributed by atoms with Crippen LogP contribution in [0.3, 0.4) is 0 Å². The Bertz CT molecular complexity index is 815. The highest BCUT2D eigenvalue weighted by molar-refractivity contribution is 7.17. The molecule has 0 aliphatic carbocycles. The summed E-state index contributed by atoms with van der Waals surface area (Å²) in [5.74, 6) is -3.54. The number of primary amides is 1. The summed E-state index contributed by atoms with van der Waals surface area (Å²) in [6.07, 6.45) is 0.630. The number of amides is 2. The smallest absolute Gasteiger partial charge is 0.262 e. The molecule has 2 aromatic rings. The van der Waals surface area contributed by atoms with Gasteiger partial charge in [0.25, 0.3) is 11.8 Å². The number of nitrogens with zero attached hydrogens (tertiary/aromatic N) is 1. The number of hydrogen-bond donors (Lipinski definition) is 2. The summed E-state index contributed by atoms with van der Waals surface area (Å²) in [6, 6.07) is 3.18. The summed E-state index contributed by atoms with van der Waals surface area (Å²) >= 11 is 1.21. The van der Waals surface area contributed by atoms with E-state index < -0.39 is 29.0 Å². The van der Waals surface area contributed by atoms with E-state index in [-0.39, 0.29) is 10.6 Å². The van der Waals surface area contributed by atoms with Crippen molar-refractivity contribution >= 4 is 28.2 Å². The second-order valence-corrected chi connectivity index (χ2v) is 6.72. The van der Waals surface area contributed by atoms with E-state index in [1.807, 2.05) is 7.05 Å². The molecule has 3 rings (SSSR count). The fourth-order valence-electron chi connectivity index (χ4n) is 2.76. The number of halogens is 2. The number of fused-ring (bicyclic) bond motifs is 1. The molecule has 1 aromatic carbocycles. The Morgan fingerprint density at radius 1 is 1.25 bits per heavy atom. The van der Waals surface area contributed by atoms with E-state index in [1.165, 1.54) is 17.4 Å². The lowest BCUT2D eigenvalue weighted by Crippen LogP contribution is -2.27. The lowest BCUT2D eigenvalue weighted by molar-refractivity contribution is 0.1000. The SMILES string of the molecule is CN1CCc2c(sc(NC(=O)c3c(F)cccc3F)c2C(N)=O)C1. The van der Waals surface area contributed by atoms with Gasteiger partial charge in [-0.1, -0.05) is 6.07 Å². The van der Waals surface area contributed by atoms with E-state index in [2.05, 4.69) is 10.2 Å². The Morgan fingerprint density at radius 3 is 2.54 bits per heavy atom. The molecule has 3 N–H and O–H groups in total. The Kier molecular flexibility index (Phi) is 4.33. The molecule has 0 bridgehead atoms. The predicted molar refractivity (Wildman–Crippen MR) is 87.2 cm³/mol. The van der Waals surface area contributed by atoms with Crippen molar-refractivity contribution in [1.82, 2.24) is 4.90 Å². The molecule has 126 valence electrons. The van der Waals surface area contributed by atoms with Gasteiger partial charge in [-0.2, -0.15) is 0 Å². The van der Waals surface area contributed by atoms with E-state index in [0.717, 1.165) is 29.1 Å². The van der Waals surface area contributed by atoms with Gasteiger partial charge in [-0.25, -0.2) is 8.78 Å². The quantitative estimate of drug-likeness (QED) is 0.891. The summed E-state index contributed by atoms with van der Waals surface area (Å²) in [6.45, 7) is 1.39. The van der Waals surface area contributed by atoms with Crippen LogP contribution in [0.4, 0.5) is 13.8 Å². The summed E-state index contributed by atoms with van der Waals surface area (Å²) in [7, 11) is 1.94. The number of thiophene rings is 1. The third kappa shape index (κ3) is 2.90. The number of benzene rings is 1. The van der Waals surface area contributed by atoms with Gasteiger partial charge in [-0.15, -0.1) is 11.3 Å². The molecular weight excluding hydrogens is 336 g/mol. The molecule has 2 heterocycles. The molecule has 2 amide bonds. The molecule has 0 fully saturated rings. The van der Waals surface area contributed by atoms with Crippen molar-refractivity contribution in [2.45, 2.75) is 13.0 Å². The van der Waals surface area contributed by atoms with Crippen LogP contribution in [-0.4, -0.2) is 30.3 Å². The molecule has 5 nitrogen and oxygen atoms in total. The molecule has 0 atom stereocenters. The van der Waals surface area contributed by atoms with Crippen LogP contribution in [0.25, 0.3) is 0 Å². The van der Waals surface area contributed by atoms with E-state index in [9.17, 15) is 18.4 Å². The minimum atomic E-state index is -0.964. The van der Waals surface area contributed by atoms with Crippen molar-refractivity contribution in [3.05, 3.63) is 51.4 Å². The zero-order chi connectivity index (χ0) is 17.4. The third-order valence-corrected chi connectivity index (χ3v) is 5.04. The molecule has 1 aliphatic rings. The molecule has 0 radical (unpaired) electrons. The van der Waals surface area contributed by atoms with Gasteiger partial charge >= 0.3 is 0 Å². The van der Waals surface area contributed by atoms with E-state index in [0.29, 0.717) is 13.0 Å². The number of likely N-dealkylation sites (N-methyl/N-ethyl adjacent to an activating group) is 1. The van der Waals surface area contributed by atoms with Crippen LogP contribution < -0.4 is 11.1 Å². The largest absolute Gasteiger partial charge is 0.365 e. The van der Waals surface area contributed by atoms with Gasteiger partial charge in [0.05, 0.1) is 5.56 Å². The van der Waals surface area contributed by atoms with Crippen LogP contribution in [0.1, 0.15) is 31.2 Å². The van der Waals surface area contributed by atoms with E-state index in [4.69, 9.17) is 5.73 Å². The highest BCUT2D eigenvalue weighted by Gasteiger charge is 2.27. The Balaban J connectivity index is 1.98. The summed E-state index contributed by atoms with van der Waals surface area (Å²) in [4.78, 5) is 27.1. The first-order chi connectivity index (χ1) is 11.4. The van der Waals surface area contributed by atoms with Gasteiger partial charge in [-0.3, -0.25) is 9.59 Å². The summed E-state index contributed by atoms with van der Waals surface area (Å²) in [5.41, 5.74) is 5.79. The van der Waals surface area contributed by atoms with Gasteiger partial charge in [-0.05, 0) is 31.2 Å². The highest BCUT2D eigenvalue weighted by Crippen LogP contribution is 2.37. The van der Waals surface area contributed by atoms with Crippen molar-refractivity contribution < 1.29 is 18.4 Å². The van der Waals surface area contributed by atoms with Gasteiger partial charge in [0.2, 0.25) is 0 Å². The average molecular weight is 351 g/mol. The molecule has 1 aromatic heterocycles. The number of hydrogen-bond acceptors (Lipinski definition) is 4. The molecule has 0 saturated carbocycles. The molecule has 0 saturated heterocycles. The molecule has 0 unspecified atom stereocenters. The number of carbonyl (C=O) groups is 2. The number of anilines is 1. The van der Waals surface area contributed by atoms with E-state index in [1.54, 1.807) is 0 Å². The normalized spacial score (nSPS) is 14.3. The second kappa shape index (κ2) is 6.29. The predicted octanol–water partition coefficient (Wildman–Crippen LogP) is 2.37. The number of rotatable bonds is 3. The van der Waals surface area contributed by atoms with Gasteiger partial charge < -0.3 is 16.0 Å². The molecule has 8 heteroatoms. The fraction of sp³-hybridized carbons (Fsp3) is 0.250. The number of nitrogens with two attached hydrogens (primary N) is 1. The number of carbonyl (C=O) groups excluding carboxylic acids is 2. The first-order valence-corrected chi connectivity index (χ1v) is 8.08. The van der Waals surface area contributed by atoms with Crippen LogP contribution in [-0.2, 0) is 13.0 Å². The summed E-state index contributed by atoms with van der Waals surface area (Å²) < 4.78 is 27.5. The Labute approximate surface area is 141 Å². The van der Waals surface area contributed by atoms with Crippen LogP contribution >= 0.6 is 11.3 Å². The maximum absolute atomic E-state index is 13.7. The minimum Gasteiger partial charge on any atom is -0.365 e. The monoisotopic (exact) mass is 351 g/mol. The van der Waals surface area contributed by atoms with E-state index >= 15 is 0 Å². The van der Waals surface area contributed by atoms with Gasteiger partial charge in [0, 0.05) is 18.0 Å². The Morgan fingerprint density at radius 2 is 1.92 bits per heavy atom. The average Bonchev–Trinajstić information content (AvgIpc) is 2.83. The standard InChI is InChI=1S/C16H15F2N3O2S/c1-21-6-5-8-11(7-21)24-16(12(8)14(19)22)20-15(23)13-9(17)3-2-4-10(13)18/h2-4H,5-7H2,1H3,(H2,19,22)(H,20,23). The van der Waals surface area contributed by atoms with Crippen molar-refractivity contribution in [3.63, 3.8) is 0 Å². The fourth-order valence-corrected chi connectivity index (χ4v) is 4.09. The topological polar surface area (TPSA) is 75.4 Å². The molecule has 0 spiro atoms. The molecular formula is C16H15F2N3O2S. The first-order valence-electron chi connectivity index (χ1n) is 7.26. The number of nitrogens with one attached hydrogen (secondary N) is 1. The van der Waals surface area contributed by atoms with Crippen molar-refractivity contribution in [2.24, 2.45) is 5.73 Å². The lowest BCUT2D eigenvalue weighted by Gasteiger charge is -2.22. The third-order valence-electron chi connectivity index (χ3n) is 3.91.